The Kier molecular flexibility index (Phi) is 22.2. The Morgan fingerprint density at radius 2 is 0.759 bits per heavy atom. The van der Waals surface area contributed by atoms with Crippen molar-refractivity contribution in [3.8, 4) is 0 Å². The smallest absolute Gasteiger partial charge is 0.550 e. The van der Waals surface area contributed by atoms with Gasteiger partial charge in [0.05, 0.1) is 0 Å². The molecule has 174 valence electrons. The molecule has 5 heteroatoms. The fraction of sp³-hybridized carbons (Fsp3) is 0.917. The molecule has 4 nitrogen and oxygen atoms in total. The van der Waals surface area contributed by atoms with Crippen LogP contribution in [0.2, 0.25) is 0 Å². The van der Waals surface area contributed by atoms with Crippen molar-refractivity contribution in [2.75, 3.05) is 0 Å². The molecule has 0 saturated carbocycles. The van der Waals surface area contributed by atoms with Crippen LogP contribution >= 0.6 is 0 Å². The molecule has 0 aromatic rings. The summed E-state index contributed by atoms with van der Waals surface area (Å²) in [6.07, 6.45) is 13.8. The molecule has 0 amide bonds. The second-order valence-electron chi connectivity index (χ2n) is 10.4. The number of aliphatic carboxylic acids is 2. The Hall–Kier alpha value is -0.541. The molecule has 0 unspecified atom stereocenters. The standard InChI is InChI=1S/2C12H24O2.Fe/c2*1-12(2,3)10-8-6-4-5-7-9-11(13)14;/h2*4-10H2,1-3H3,(H,13,14);/q;;+2/p-2. The number of carbonyl (C=O) groups is 2. The van der Waals surface area contributed by atoms with Gasteiger partial charge in [-0.2, -0.15) is 0 Å². The molecule has 0 bridgehead atoms. The van der Waals surface area contributed by atoms with Crippen LogP contribution in [0.25, 0.3) is 0 Å². The van der Waals surface area contributed by atoms with Crippen LogP contribution in [0, 0.1) is 10.8 Å². The summed E-state index contributed by atoms with van der Waals surface area (Å²) in [6, 6.07) is 0. The summed E-state index contributed by atoms with van der Waals surface area (Å²) in [7, 11) is 0. The molecule has 0 fully saturated rings. The molecular formula is C24H46FeO4. The van der Waals surface area contributed by atoms with E-state index >= 15 is 0 Å². The van der Waals surface area contributed by atoms with Crippen molar-refractivity contribution in [1.29, 1.82) is 0 Å². The second kappa shape index (κ2) is 19.4. The molecule has 0 radical (unpaired) electrons. The largest absolute Gasteiger partial charge is 2.00 e. The molecule has 0 spiro atoms. The van der Waals surface area contributed by atoms with Crippen LogP contribution in [-0.2, 0) is 26.7 Å². The molecule has 0 aliphatic heterocycles. The summed E-state index contributed by atoms with van der Waals surface area (Å²) in [5.74, 6) is -1.83. The predicted molar refractivity (Wildman–Crippen MR) is 114 cm³/mol. The predicted octanol–water partition coefficient (Wildman–Crippen LogP) is 5.02. The minimum atomic E-state index is -0.917. The molecule has 0 aliphatic carbocycles. The van der Waals surface area contributed by atoms with E-state index in [0.29, 0.717) is 10.8 Å². The quantitative estimate of drug-likeness (QED) is 0.273. The van der Waals surface area contributed by atoms with Gasteiger partial charge in [-0.3, -0.25) is 0 Å². The van der Waals surface area contributed by atoms with Crippen LogP contribution in [0.5, 0.6) is 0 Å². The van der Waals surface area contributed by atoms with Crippen LogP contribution < -0.4 is 10.2 Å². The monoisotopic (exact) mass is 454 g/mol. The Bertz CT molecular complexity index is 357. The van der Waals surface area contributed by atoms with Gasteiger partial charge in [-0.1, -0.05) is 92.9 Å². The van der Waals surface area contributed by atoms with Gasteiger partial charge in [-0.15, -0.1) is 0 Å². The van der Waals surface area contributed by atoms with Crippen molar-refractivity contribution >= 4 is 11.9 Å². The molecule has 0 aliphatic rings. The molecule has 0 aromatic carbocycles. The maximum Gasteiger partial charge on any atom is 2.00 e. The fourth-order valence-corrected chi connectivity index (χ4v) is 2.91. The van der Waals surface area contributed by atoms with Gasteiger partial charge in [-0.25, -0.2) is 0 Å². The number of carboxylic acids is 2. The third-order valence-corrected chi connectivity index (χ3v) is 4.62. The fourth-order valence-electron chi connectivity index (χ4n) is 2.91. The van der Waals surface area contributed by atoms with Gasteiger partial charge in [0.2, 0.25) is 0 Å². The summed E-state index contributed by atoms with van der Waals surface area (Å²) in [5.41, 5.74) is 0.871. The third-order valence-electron chi connectivity index (χ3n) is 4.62. The Balaban J connectivity index is -0.000000451. The van der Waals surface area contributed by atoms with Gasteiger partial charge in [0.25, 0.3) is 0 Å². The van der Waals surface area contributed by atoms with Crippen LogP contribution in [0.1, 0.15) is 131 Å². The number of hydrogen-bond acceptors (Lipinski definition) is 4. The van der Waals surface area contributed by atoms with Gasteiger partial charge < -0.3 is 19.8 Å². The summed E-state index contributed by atoms with van der Waals surface area (Å²) in [5, 5.41) is 20.2. The molecule has 0 N–H and O–H groups in total. The van der Waals surface area contributed by atoms with Crippen molar-refractivity contribution in [2.24, 2.45) is 10.8 Å². The topological polar surface area (TPSA) is 80.3 Å². The summed E-state index contributed by atoms with van der Waals surface area (Å²) < 4.78 is 0. The van der Waals surface area contributed by atoms with E-state index in [0.717, 1.165) is 38.5 Å². The molecular weight excluding hydrogens is 408 g/mol. The van der Waals surface area contributed by atoms with E-state index in [2.05, 4.69) is 41.5 Å². The zero-order valence-electron chi connectivity index (χ0n) is 19.9. The van der Waals surface area contributed by atoms with Crippen molar-refractivity contribution in [3.63, 3.8) is 0 Å². The first kappa shape index (κ1) is 33.1. The second-order valence-corrected chi connectivity index (χ2v) is 10.4. The molecule has 0 rings (SSSR count). The summed E-state index contributed by atoms with van der Waals surface area (Å²) >= 11 is 0. The average molecular weight is 454 g/mol. The van der Waals surface area contributed by atoms with Gasteiger partial charge in [0, 0.05) is 11.9 Å². The van der Waals surface area contributed by atoms with Gasteiger partial charge >= 0.3 is 17.1 Å². The van der Waals surface area contributed by atoms with E-state index in [1.807, 2.05) is 0 Å². The Labute approximate surface area is 191 Å². The van der Waals surface area contributed by atoms with E-state index in [4.69, 9.17) is 0 Å². The normalized spacial score (nSPS) is 11.2. The SMILES string of the molecule is CC(C)(C)CCCCCCCC(=O)[O-].CC(C)(C)CCCCCCCC(=O)[O-].[Fe+2]. The van der Waals surface area contributed by atoms with Crippen molar-refractivity contribution in [1.82, 2.24) is 0 Å². The minimum Gasteiger partial charge on any atom is -0.550 e. The number of unbranched alkanes of at least 4 members (excludes halogenated alkanes) is 8. The minimum absolute atomic E-state index is 0. The summed E-state index contributed by atoms with van der Waals surface area (Å²) in [4.78, 5) is 20.2. The molecule has 0 saturated heterocycles. The number of carbonyl (C=O) groups excluding carboxylic acids is 2. The van der Waals surface area contributed by atoms with E-state index in [1.54, 1.807) is 0 Å². The van der Waals surface area contributed by atoms with E-state index < -0.39 is 11.9 Å². The van der Waals surface area contributed by atoms with E-state index in [9.17, 15) is 19.8 Å². The van der Waals surface area contributed by atoms with Gasteiger partial charge in [0.15, 0.2) is 0 Å². The van der Waals surface area contributed by atoms with Crippen molar-refractivity contribution in [3.05, 3.63) is 0 Å². The average Bonchev–Trinajstić information content (AvgIpc) is 2.51. The van der Waals surface area contributed by atoms with Crippen LogP contribution in [-0.4, -0.2) is 11.9 Å². The third kappa shape index (κ3) is 38.7. The van der Waals surface area contributed by atoms with Crippen LogP contribution in [0.4, 0.5) is 0 Å². The van der Waals surface area contributed by atoms with Crippen LogP contribution in [0.15, 0.2) is 0 Å². The maximum atomic E-state index is 10.1. The maximum absolute atomic E-state index is 10.1. The first-order valence-corrected chi connectivity index (χ1v) is 11.2. The molecule has 0 aromatic heterocycles. The Morgan fingerprint density at radius 1 is 0.517 bits per heavy atom. The number of carboxylic acid groups (broad SMARTS) is 2. The van der Waals surface area contributed by atoms with E-state index in [-0.39, 0.29) is 29.9 Å². The summed E-state index contributed by atoms with van der Waals surface area (Å²) in [6.45, 7) is 13.5. The molecule has 29 heavy (non-hydrogen) atoms. The van der Waals surface area contributed by atoms with Gasteiger partial charge in [0.1, 0.15) is 0 Å². The number of rotatable bonds is 14. The molecule has 0 heterocycles. The first-order chi connectivity index (χ1) is 12.8. The van der Waals surface area contributed by atoms with Crippen LogP contribution in [0.3, 0.4) is 0 Å². The Morgan fingerprint density at radius 3 is 1.00 bits per heavy atom. The molecule has 0 atom stereocenters. The van der Waals surface area contributed by atoms with Crippen molar-refractivity contribution in [2.45, 2.75) is 131 Å². The van der Waals surface area contributed by atoms with Crippen molar-refractivity contribution < 1.29 is 36.9 Å². The first-order valence-electron chi connectivity index (χ1n) is 11.2. The number of hydrogen-bond donors (Lipinski definition) is 0. The zero-order valence-corrected chi connectivity index (χ0v) is 21.0. The van der Waals surface area contributed by atoms with Gasteiger partial charge in [-0.05, 0) is 49.4 Å². The zero-order chi connectivity index (χ0) is 22.1. The van der Waals surface area contributed by atoms with E-state index in [1.165, 1.54) is 38.5 Å².